The molecule has 0 radical (unpaired) electrons. The maximum absolute atomic E-state index is 11.8. The first-order chi connectivity index (χ1) is 7.67. The van der Waals surface area contributed by atoms with E-state index in [4.69, 9.17) is 0 Å². The topological polar surface area (TPSA) is 45.2 Å². The van der Waals surface area contributed by atoms with E-state index >= 15 is 0 Å². The van der Waals surface area contributed by atoms with Crippen molar-refractivity contribution in [3.63, 3.8) is 0 Å². The van der Waals surface area contributed by atoms with Crippen molar-refractivity contribution < 1.29 is 4.79 Å². The van der Waals surface area contributed by atoms with E-state index in [-0.39, 0.29) is 6.03 Å². The molecule has 0 aliphatic carbocycles. The van der Waals surface area contributed by atoms with Crippen LogP contribution in [0.3, 0.4) is 0 Å². The van der Waals surface area contributed by atoms with Crippen LogP contribution in [0.2, 0.25) is 0 Å². The van der Waals surface area contributed by atoms with Crippen LogP contribution in [0.1, 0.15) is 32.4 Å². The Morgan fingerprint density at radius 2 is 2.31 bits per heavy atom. The number of carbonyl (C=O) groups excluding carboxylic acids is 1. The third-order valence-electron chi connectivity index (χ3n) is 2.28. The van der Waals surface area contributed by atoms with E-state index in [9.17, 15) is 4.79 Å². The minimum Gasteiger partial charge on any atom is -0.325 e. The van der Waals surface area contributed by atoms with Gasteiger partial charge in [0.25, 0.3) is 0 Å². The van der Waals surface area contributed by atoms with Crippen molar-refractivity contribution in [3.8, 4) is 0 Å². The summed E-state index contributed by atoms with van der Waals surface area (Å²) in [4.78, 5) is 17.9. The maximum Gasteiger partial charge on any atom is 0.323 e. The molecule has 0 bridgehead atoms. The average molecular weight is 241 g/mol. The van der Waals surface area contributed by atoms with Crippen LogP contribution in [0.15, 0.2) is 5.38 Å². The van der Waals surface area contributed by atoms with Crippen LogP contribution in [-0.2, 0) is 0 Å². The monoisotopic (exact) mass is 241 g/mol. The Hall–Kier alpha value is -1.10. The number of urea groups is 1. The van der Waals surface area contributed by atoms with Crippen molar-refractivity contribution in [1.29, 1.82) is 0 Å². The zero-order chi connectivity index (χ0) is 12.0. The first-order valence-electron chi connectivity index (χ1n) is 5.65. The van der Waals surface area contributed by atoms with Gasteiger partial charge >= 0.3 is 6.03 Å². The highest BCUT2D eigenvalue weighted by molar-refractivity contribution is 7.13. The Morgan fingerprint density at radius 1 is 1.56 bits per heavy atom. The first kappa shape index (κ1) is 13.0. The number of aromatic nitrogens is 1. The molecule has 0 aliphatic heterocycles. The molecule has 0 fully saturated rings. The third-order valence-corrected chi connectivity index (χ3v) is 3.16. The smallest absolute Gasteiger partial charge is 0.323 e. The van der Waals surface area contributed by atoms with Crippen LogP contribution in [0, 0.1) is 6.92 Å². The summed E-state index contributed by atoms with van der Waals surface area (Å²) in [5.41, 5.74) is 0.942. The van der Waals surface area contributed by atoms with Gasteiger partial charge < -0.3 is 4.90 Å². The minimum absolute atomic E-state index is 0.0506. The Morgan fingerprint density at radius 3 is 2.81 bits per heavy atom. The van der Waals surface area contributed by atoms with Crippen molar-refractivity contribution in [2.75, 3.05) is 18.4 Å². The molecular formula is C11H19N3OS. The lowest BCUT2D eigenvalue weighted by atomic mass is 10.3. The SMILES string of the molecule is CCCCN(CC)C(=O)Nc1nc(C)cs1. The van der Waals surface area contributed by atoms with Crippen molar-refractivity contribution >= 4 is 22.5 Å². The van der Waals surface area contributed by atoms with Crippen LogP contribution >= 0.6 is 11.3 Å². The second kappa shape index (κ2) is 6.48. The Bertz CT molecular complexity index is 338. The van der Waals surface area contributed by atoms with Crippen molar-refractivity contribution in [3.05, 3.63) is 11.1 Å². The fourth-order valence-corrected chi connectivity index (χ4v) is 2.01. The van der Waals surface area contributed by atoms with Crippen LogP contribution in [0.5, 0.6) is 0 Å². The largest absolute Gasteiger partial charge is 0.325 e. The number of nitrogens with one attached hydrogen (secondary N) is 1. The summed E-state index contributed by atoms with van der Waals surface area (Å²) in [7, 11) is 0. The summed E-state index contributed by atoms with van der Waals surface area (Å²) in [6.07, 6.45) is 2.14. The molecule has 2 amide bonds. The van der Waals surface area contributed by atoms with Gasteiger partial charge in [-0.1, -0.05) is 13.3 Å². The number of amides is 2. The standard InChI is InChI=1S/C11H19N3OS/c1-4-6-7-14(5-2)11(15)13-10-12-9(3)8-16-10/h8H,4-7H2,1-3H3,(H,12,13,15). The van der Waals surface area contributed by atoms with Crippen molar-refractivity contribution in [2.24, 2.45) is 0 Å². The summed E-state index contributed by atoms with van der Waals surface area (Å²) >= 11 is 1.46. The molecule has 0 aliphatic rings. The van der Waals surface area contributed by atoms with Gasteiger partial charge in [0.15, 0.2) is 5.13 Å². The second-order valence-electron chi connectivity index (χ2n) is 3.66. The van der Waals surface area contributed by atoms with E-state index in [0.717, 1.165) is 31.6 Å². The van der Waals surface area contributed by atoms with E-state index in [0.29, 0.717) is 5.13 Å². The molecular weight excluding hydrogens is 222 g/mol. The number of anilines is 1. The summed E-state index contributed by atoms with van der Waals surface area (Å²) in [6, 6.07) is -0.0506. The van der Waals surface area contributed by atoms with E-state index < -0.39 is 0 Å². The average Bonchev–Trinajstić information content (AvgIpc) is 2.65. The number of thiazole rings is 1. The highest BCUT2D eigenvalue weighted by Crippen LogP contribution is 2.14. The Labute approximate surface area is 101 Å². The number of unbranched alkanes of at least 4 members (excludes halogenated alkanes) is 1. The van der Waals surface area contributed by atoms with Gasteiger partial charge in [-0.2, -0.15) is 0 Å². The number of nitrogens with zero attached hydrogens (tertiary/aromatic N) is 2. The lowest BCUT2D eigenvalue weighted by Crippen LogP contribution is -2.35. The Balaban J connectivity index is 2.49. The van der Waals surface area contributed by atoms with Gasteiger partial charge in [-0.05, 0) is 20.3 Å². The predicted molar refractivity (Wildman–Crippen MR) is 68.0 cm³/mol. The van der Waals surface area contributed by atoms with Gasteiger partial charge in [0.05, 0.1) is 5.69 Å². The number of hydrogen-bond acceptors (Lipinski definition) is 3. The summed E-state index contributed by atoms with van der Waals surface area (Å²) in [5.74, 6) is 0. The molecule has 1 aromatic rings. The lowest BCUT2D eigenvalue weighted by molar-refractivity contribution is 0.213. The molecule has 0 spiro atoms. The number of carbonyl (C=O) groups is 1. The summed E-state index contributed by atoms with van der Waals surface area (Å²) < 4.78 is 0. The van der Waals surface area contributed by atoms with E-state index in [2.05, 4.69) is 17.2 Å². The third kappa shape index (κ3) is 3.81. The zero-order valence-corrected chi connectivity index (χ0v) is 10.9. The molecule has 0 saturated heterocycles. The quantitative estimate of drug-likeness (QED) is 0.861. The van der Waals surface area contributed by atoms with Gasteiger partial charge in [-0.3, -0.25) is 5.32 Å². The van der Waals surface area contributed by atoms with Gasteiger partial charge in [-0.15, -0.1) is 11.3 Å². The van der Waals surface area contributed by atoms with Gasteiger partial charge in [-0.25, -0.2) is 9.78 Å². The molecule has 1 N–H and O–H groups in total. The zero-order valence-electron chi connectivity index (χ0n) is 10.1. The van der Waals surface area contributed by atoms with E-state index in [1.54, 1.807) is 4.90 Å². The lowest BCUT2D eigenvalue weighted by Gasteiger charge is -2.20. The molecule has 90 valence electrons. The molecule has 0 aromatic carbocycles. The highest BCUT2D eigenvalue weighted by Gasteiger charge is 2.12. The first-order valence-corrected chi connectivity index (χ1v) is 6.53. The molecule has 0 atom stereocenters. The molecule has 1 heterocycles. The Kier molecular flexibility index (Phi) is 5.25. The molecule has 0 unspecified atom stereocenters. The van der Waals surface area contributed by atoms with Crippen molar-refractivity contribution in [1.82, 2.24) is 9.88 Å². The van der Waals surface area contributed by atoms with Gasteiger partial charge in [0, 0.05) is 18.5 Å². The fraction of sp³-hybridized carbons (Fsp3) is 0.636. The number of aryl methyl sites for hydroxylation is 1. The summed E-state index contributed by atoms with van der Waals surface area (Å²) in [5, 5.41) is 5.42. The van der Waals surface area contributed by atoms with Crippen LogP contribution < -0.4 is 5.32 Å². The minimum atomic E-state index is -0.0506. The van der Waals surface area contributed by atoms with Gasteiger partial charge in [0.2, 0.25) is 0 Å². The van der Waals surface area contributed by atoms with Gasteiger partial charge in [0.1, 0.15) is 0 Å². The van der Waals surface area contributed by atoms with Crippen molar-refractivity contribution in [2.45, 2.75) is 33.6 Å². The normalized spacial score (nSPS) is 10.2. The second-order valence-corrected chi connectivity index (χ2v) is 4.52. The van der Waals surface area contributed by atoms with Crippen LogP contribution in [-0.4, -0.2) is 29.0 Å². The number of hydrogen-bond donors (Lipinski definition) is 1. The summed E-state index contributed by atoms with van der Waals surface area (Å²) in [6.45, 7) is 7.57. The molecule has 1 aromatic heterocycles. The molecule has 5 heteroatoms. The molecule has 0 saturated carbocycles. The molecule has 4 nitrogen and oxygen atoms in total. The van der Waals surface area contributed by atoms with E-state index in [1.165, 1.54) is 11.3 Å². The van der Waals surface area contributed by atoms with E-state index in [1.807, 2.05) is 19.2 Å². The molecule has 16 heavy (non-hydrogen) atoms. The van der Waals surface area contributed by atoms with Crippen LogP contribution in [0.25, 0.3) is 0 Å². The highest BCUT2D eigenvalue weighted by atomic mass is 32.1. The molecule has 1 rings (SSSR count). The predicted octanol–water partition coefficient (Wildman–Crippen LogP) is 3.11. The fourth-order valence-electron chi connectivity index (χ4n) is 1.33. The maximum atomic E-state index is 11.8. The van der Waals surface area contributed by atoms with Crippen LogP contribution in [0.4, 0.5) is 9.93 Å². The number of rotatable bonds is 5.